The zero-order valence-electron chi connectivity index (χ0n) is 13.9. The number of fused-ring (bicyclic) bond motifs is 3. The summed E-state index contributed by atoms with van der Waals surface area (Å²) in [7, 11) is 1.07. The van der Waals surface area contributed by atoms with Gasteiger partial charge in [-0.3, -0.25) is 4.79 Å². The van der Waals surface area contributed by atoms with Gasteiger partial charge >= 0.3 is 5.97 Å². The number of aromatic nitrogens is 1. The maximum absolute atomic E-state index is 14.8. The molecule has 1 aliphatic rings. The van der Waals surface area contributed by atoms with Gasteiger partial charge in [-0.15, -0.1) is 0 Å². The third-order valence-electron chi connectivity index (χ3n) is 4.78. The molecule has 0 fully saturated rings. The van der Waals surface area contributed by atoms with Crippen molar-refractivity contribution in [3.63, 3.8) is 0 Å². The molecule has 136 valence electrons. The molecule has 0 atom stereocenters. The van der Waals surface area contributed by atoms with E-state index in [2.05, 4.69) is 4.98 Å². The normalized spacial score (nSPS) is 13.8. The van der Waals surface area contributed by atoms with Gasteiger partial charge < -0.3 is 4.74 Å². The van der Waals surface area contributed by atoms with E-state index in [4.69, 9.17) is 4.74 Å². The third kappa shape index (κ3) is 2.08. The Morgan fingerprint density at radius 1 is 0.852 bits per heavy atom. The minimum absolute atomic E-state index is 0.245. The number of benzene rings is 2. The van der Waals surface area contributed by atoms with E-state index in [0.29, 0.717) is 11.1 Å². The number of rotatable bonds is 2. The SMILES string of the molecule is COC(=O)C1(c2nc(F)c(F)c(F)c2F)c2ccccc2-c2ccccc21. The fourth-order valence-corrected chi connectivity index (χ4v) is 3.70. The van der Waals surface area contributed by atoms with Crippen molar-refractivity contribution < 1.29 is 27.1 Å². The summed E-state index contributed by atoms with van der Waals surface area (Å²) in [5.74, 6) is -8.66. The van der Waals surface area contributed by atoms with Crippen molar-refractivity contribution in [1.29, 1.82) is 0 Å². The Labute approximate surface area is 151 Å². The maximum atomic E-state index is 14.8. The zero-order valence-corrected chi connectivity index (χ0v) is 13.9. The lowest BCUT2D eigenvalue weighted by molar-refractivity contribution is -0.144. The molecule has 0 bridgehead atoms. The van der Waals surface area contributed by atoms with Crippen LogP contribution < -0.4 is 0 Å². The molecule has 2 aromatic carbocycles. The minimum Gasteiger partial charge on any atom is -0.468 e. The lowest BCUT2D eigenvalue weighted by Gasteiger charge is -2.29. The number of esters is 1. The van der Waals surface area contributed by atoms with Crippen LogP contribution in [0.4, 0.5) is 17.6 Å². The Kier molecular flexibility index (Phi) is 3.76. The van der Waals surface area contributed by atoms with Crippen LogP contribution in [-0.2, 0) is 14.9 Å². The maximum Gasteiger partial charge on any atom is 0.327 e. The van der Waals surface area contributed by atoms with Gasteiger partial charge in [-0.05, 0) is 22.3 Å². The molecular weight excluding hydrogens is 362 g/mol. The second-order valence-corrected chi connectivity index (χ2v) is 6.03. The molecule has 0 saturated heterocycles. The number of methoxy groups -OCH3 is 1. The molecule has 3 nitrogen and oxygen atoms in total. The smallest absolute Gasteiger partial charge is 0.327 e. The van der Waals surface area contributed by atoms with Crippen molar-refractivity contribution in [2.45, 2.75) is 5.41 Å². The van der Waals surface area contributed by atoms with Gasteiger partial charge in [0.25, 0.3) is 5.95 Å². The summed E-state index contributed by atoms with van der Waals surface area (Å²) in [6.45, 7) is 0. The molecule has 0 unspecified atom stereocenters. The molecule has 27 heavy (non-hydrogen) atoms. The van der Waals surface area contributed by atoms with Gasteiger partial charge in [-0.25, -0.2) is 13.8 Å². The van der Waals surface area contributed by atoms with Crippen LogP contribution in [0.15, 0.2) is 48.5 Å². The number of ether oxygens (including phenoxy) is 1. The number of nitrogens with zero attached hydrogens (tertiary/aromatic N) is 1. The summed E-state index contributed by atoms with van der Waals surface area (Å²) < 4.78 is 61.1. The molecule has 0 radical (unpaired) electrons. The van der Waals surface area contributed by atoms with E-state index in [9.17, 15) is 22.4 Å². The Balaban J connectivity index is 2.22. The van der Waals surface area contributed by atoms with Crippen LogP contribution >= 0.6 is 0 Å². The summed E-state index contributed by atoms with van der Waals surface area (Å²) in [6, 6.07) is 13.0. The first-order chi connectivity index (χ1) is 12.9. The first kappa shape index (κ1) is 17.2. The van der Waals surface area contributed by atoms with Gasteiger partial charge in [0.05, 0.1) is 7.11 Å². The highest BCUT2D eigenvalue weighted by molar-refractivity contribution is 6.01. The molecule has 1 heterocycles. The number of hydrogen-bond donors (Lipinski definition) is 0. The molecular formula is C20H11F4NO2. The largest absolute Gasteiger partial charge is 0.468 e. The Morgan fingerprint density at radius 3 is 1.89 bits per heavy atom. The van der Waals surface area contributed by atoms with Gasteiger partial charge in [0, 0.05) is 0 Å². The standard InChI is InChI=1S/C20H11F4NO2/c1-27-19(26)20(17-15(22)14(21)16(23)18(24)25-17)12-8-4-2-6-10(12)11-7-3-5-9-13(11)20/h2-9H,1H3. The van der Waals surface area contributed by atoms with Crippen LogP contribution in [0.3, 0.4) is 0 Å². The van der Waals surface area contributed by atoms with Crippen molar-refractivity contribution in [3.05, 3.63) is 88.8 Å². The van der Waals surface area contributed by atoms with E-state index in [1.165, 1.54) is 12.1 Å². The van der Waals surface area contributed by atoms with Gasteiger partial charge in [0.2, 0.25) is 11.6 Å². The average molecular weight is 373 g/mol. The second kappa shape index (κ2) is 5.90. The van der Waals surface area contributed by atoms with Crippen molar-refractivity contribution in [2.24, 2.45) is 0 Å². The van der Waals surface area contributed by atoms with Gasteiger partial charge in [0.1, 0.15) is 5.69 Å². The second-order valence-electron chi connectivity index (χ2n) is 6.03. The van der Waals surface area contributed by atoms with Crippen molar-refractivity contribution in [1.82, 2.24) is 4.98 Å². The molecule has 0 aliphatic heterocycles. The highest BCUT2D eigenvalue weighted by atomic mass is 19.2. The van der Waals surface area contributed by atoms with Crippen LogP contribution in [0, 0.1) is 23.4 Å². The van der Waals surface area contributed by atoms with E-state index < -0.39 is 40.5 Å². The summed E-state index contributed by atoms with van der Waals surface area (Å²) in [4.78, 5) is 16.3. The molecule has 0 amide bonds. The average Bonchev–Trinajstić information content (AvgIpc) is 3.00. The number of halogens is 4. The van der Waals surface area contributed by atoms with Crippen LogP contribution in [0.5, 0.6) is 0 Å². The molecule has 0 N–H and O–H groups in total. The molecule has 0 spiro atoms. The van der Waals surface area contributed by atoms with Crippen LogP contribution in [0.2, 0.25) is 0 Å². The Hall–Kier alpha value is -3.22. The van der Waals surface area contributed by atoms with E-state index in [0.717, 1.165) is 7.11 Å². The van der Waals surface area contributed by atoms with E-state index in [-0.39, 0.29) is 11.1 Å². The number of carbonyl (C=O) groups is 1. The van der Waals surface area contributed by atoms with E-state index >= 15 is 0 Å². The number of pyridine rings is 1. The minimum atomic E-state index is -2.07. The summed E-state index contributed by atoms with van der Waals surface area (Å²) in [5.41, 5.74) is -1.34. The molecule has 0 saturated carbocycles. The summed E-state index contributed by atoms with van der Waals surface area (Å²) >= 11 is 0. The highest BCUT2D eigenvalue weighted by Crippen LogP contribution is 2.53. The fraction of sp³-hybridized carbons (Fsp3) is 0.100. The number of hydrogen-bond acceptors (Lipinski definition) is 3. The predicted molar refractivity (Wildman–Crippen MR) is 87.8 cm³/mol. The Morgan fingerprint density at radius 2 is 1.37 bits per heavy atom. The monoisotopic (exact) mass is 373 g/mol. The Bertz CT molecular complexity index is 1050. The molecule has 1 aliphatic carbocycles. The fourth-order valence-electron chi connectivity index (χ4n) is 3.70. The van der Waals surface area contributed by atoms with E-state index in [1.54, 1.807) is 36.4 Å². The first-order valence-corrected chi connectivity index (χ1v) is 7.92. The lowest BCUT2D eigenvalue weighted by atomic mass is 9.74. The van der Waals surface area contributed by atoms with Gasteiger partial charge in [0.15, 0.2) is 11.2 Å². The van der Waals surface area contributed by atoms with Gasteiger partial charge in [-0.1, -0.05) is 48.5 Å². The van der Waals surface area contributed by atoms with Crippen molar-refractivity contribution in [3.8, 4) is 11.1 Å². The summed E-state index contributed by atoms with van der Waals surface area (Å²) in [6.07, 6.45) is 0. The van der Waals surface area contributed by atoms with Crippen molar-refractivity contribution in [2.75, 3.05) is 7.11 Å². The first-order valence-electron chi connectivity index (χ1n) is 7.92. The molecule has 4 rings (SSSR count). The predicted octanol–water partition coefficient (Wildman–Crippen LogP) is 4.13. The topological polar surface area (TPSA) is 39.2 Å². The third-order valence-corrected chi connectivity index (χ3v) is 4.78. The summed E-state index contributed by atoms with van der Waals surface area (Å²) in [5, 5.41) is 0. The highest BCUT2D eigenvalue weighted by Gasteiger charge is 2.55. The molecule has 3 aromatic rings. The quantitative estimate of drug-likeness (QED) is 0.385. The molecule has 7 heteroatoms. The van der Waals surface area contributed by atoms with E-state index in [1.807, 2.05) is 0 Å². The van der Waals surface area contributed by atoms with Crippen LogP contribution in [0.25, 0.3) is 11.1 Å². The number of carbonyl (C=O) groups excluding carboxylic acids is 1. The zero-order chi connectivity index (χ0) is 19.3. The van der Waals surface area contributed by atoms with Gasteiger partial charge in [-0.2, -0.15) is 8.78 Å². The molecule has 1 aromatic heterocycles. The van der Waals surface area contributed by atoms with Crippen LogP contribution in [0.1, 0.15) is 16.8 Å². The lowest BCUT2D eigenvalue weighted by Crippen LogP contribution is -2.40. The van der Waals surface area contributed by atoms with Crippen molar-refractivity contribution >= 4 is 5.97 Å². The van der Waals surface area contributed by atoms with Crippen LogP contribution in [-0.4, -0.2) is 18.1 Å².